The van der Waals surface area contributed by atoms with Gasteiger partial charge in [0.05, 0.1) is 0 Å². The Hall–Kier alpha value is -1.75. The summed E-state index contributed by atoms with van der Waals surface area (Å²) in [5, 5.41) is 12.1. The third-order valence-corrected chi connectivity index (χ3v) is 3.65. The normalized spacial score (nSPS) is 15.5. The van der Waals surface area contributed by atoms with Gasteiger partial charge in [0.15, 0.2) is 6.04 Å². The van der Waals surface area contributed by atoms with Crippen LogP contribution in [0.3, 0.4) is 0 Å². The molecule has 0 unspecified atom stereocenters. The molecule has 1 aliphatic rings. The standard InChI is InChI=1S/C14H17ClN2O3/c1-17(8-9-6-7-9)14(20)16-12(13(18)19)10-4-2-3-5-11(10)15/h2-5,9,12H,6-8H2,1H3,(H,16,20)(H,18,19)/t12-/m1/s1. The van der Waals surface area contributed by atoms with Crippen molar-refractivity contribution in [3.05, 3.63) is 34.9 Å². The van der Waals surface area contributed by atoms with Gasteiger partial charge in [0.2, 0.25) is 0 Å². The predicted molar refractivity (Wildman–Crippen MR) is 75.7 cm³/mol. The molecule has 0 aromatic heterocycles. The third kappa shape index (κ3) is 3.63. The smallest absolute Gasteiger partial charge is 0.331 e. The van der Waals surface area contributed by atoms with E-state index in [9.17, 15) is 14.7 Å². The Kier molecular flexibility index (Phi) is 4.49. The maximum absolute atomic E-state index is 12.0. The first kappa shape index (κ1) is 14.7. The van der Waals surface area contributed by atoms with Crippen LogP contribution < -0.4 is 5.32 Å². The molecule has 6 heteroatoms. The highest BCUT2D eigenvalue weighted by atomic mass is 35.5. The van der Waals surface area contributed by atoms with E-state index in [2.05, 4.69) is 5.32 Å². The van der Waals surface area contributed by atoms with Crippen molar-refractivity contribution in [1.82, 2.24) is 10.2 Å². The van der Waals surface area contributed by atoms with Gasteiger partial charge in [-0.05, 0) is 24.8 Å². The number of amides is 2. The number of benzene rings is 1. The fraction of sp³-hybridized carbons (Fsp3) is 0.429. The van der Waals surface area contributed by atoms with Crippen LogP contribution in [-0.2, 0) is 4.79 Å². The zero-order valence-corrected chi connectivity index (χ0v) is 11.9. The second kappa shape index (κ2) is 6.13. The average Bonchev–Trinajstić information content (AvgIpc) is 3.20. The van der Waals surface area contributed by atoms with Crippen molar-refractivity contribution in [2.24, 2.45) is 5.92 Å². The fourth-order valence-corrected chi connectivity index (χ4v) is 2.23. The third-order valence-electron chi connectivity index (χ3n) is 3.31. The van der Waals surface area contributed by atoms with Gasteiger partial charge in [-0.3, -0.25) is 0 Å². The summed E-state index contributed by atoms with van der Waals surface area (Å²) in [5.41, 5.74) is 0.384. The maximum Gasteiger partial charge on any atom is 0.331 e. The van der Waals surface area contributed by atoms with Gasteiger partial charge >= 0.3 is 12.0 Å². The Morgan fingerprint density at radius 2 is 2.10 bits per heavy atom. The summed E-state index contributed by atoms with van der Waals surface area (Å²) in [6.45, 7) is 0.653. The molecular formula is C14H17ClN2O3. The molecule has 1 aromatic carbocycles. The first-order chi connectivity index (χ1) is 9.49. The van der Waals surface area contributed by atoms with Crippen molar-refractivity contribution in [1.29, 1.82) is 0 Å². The molecule has 2 N–H and O–H groups in total. The Balaban J connectivity index is 2.07. The van der Waals surface area contributed by atoms with E-state index in [1.165, 1.54) is 4.90 Å². The fourth-order valence-electron chi connectivity index (χ4n) is 1.99. The highest BCUT2D eigenvalue weighted by Crippen LogP contribution is 2.29. The summed E-state index contributed by atoms with van der Waals surface area (Å²) in [4.78, 5) is 24.9. The summed E-state index contributed by atoms with van der Waals surface area (Å²) in [6, 6.07) is 5.07. The van der Waals surface area contributed by atoms with E-state index < -0.39 is 18.0 Å². The largest absolute Gasteiger partial charge is 0.479 e. The average molecular weight is 297 g/mol. The number of nitrogens with one attached hydrogen (secondary N) is 1. The highest BCUT2D eigenvalue weighted by Gasteiger charge is 2.28. The van der Waals surface area contributed by atoms with Crippen LogP contribution in [0.5, 0.6) is 0 Å². The minimum atomic E-state index is -1.14. The van der Waals surface area contributed by atoms with E-state index in [1.54, 1.807) is 31.3 Å². The van der Waals surface area contributed by atoms with Crippen LogP contribution >= 0.6 is 11.6 Å². The van der Waals surface area contributed by atoms with Crippen molar-refractivity contribution >= 4 is 23.6 Å². The van der Waals surface area contributed by atoms with Gasteiger partial charge in [-0.1, -0.05) is 29.8 Å². The zero-order chi connectivity index (χ0) is 14.7. The van der Waals surface area contributed by atoms with Crippen molar-refractivity contribution in [3.8, 4) is 0 Å². The molecule has 1 fully saturated rings. The number of urea groups is 1. The quantitative estimate of drug-likeness (QED) is 0.877. The molecule has 0 aliphatic heterocycles. The van der Waals surface area contributed by atoms with Crippen LogP contribution in [-0.4, -0.2) is 35.6 Å². The van der Waals surface area contributed by atoms with Gasteiger partial charge in [-0.2, -0.15) is 0 Å². The van der Waals surface area contributed by atoms with E-state index in [-0.39, 0.29) is 0 Å². The van der Waals surface area contributed by atoms with E-state index >= 15 is 0 Å². The van der Waals surface area contributed by atoms with Gasteiger partial charge < -0.3 is 15.3 Å². The van der Waals surface area contributed by atoms with Crippen LogP contribution in [0, 0.1) is 5.92 Å². The summed E-state index contributed by atoms with van der Waals surface area (Å²) in [5.74, 6) is -0.583. The molecule has 0 bridgehead atoms. The predicted octanol–water partition coefficient (Wildman–Crippen LogP) is 2.52. The van der Waals surface area contributed by atoms with Crippen LogP contribution in [0.15, 0.2) is 24.3 Å². The molecule has 0 heterocycles. The highest BCUT2D eigenvalue weighted by molar-refractivity contribution is 6.31. The lowest BCUT2D eigenvalue weighted by atomic mass is 10.1. The van der Waals surface area contributed by atoms with Crippen LogP contribution in [0.2, 0.25) is 5.02 Å². The number of carboxylic acid groups (broad SMARTS) is 1. The molecular weight excluding hydrogens is 280 g/mol. The lowest BCUT2D eigenvalue weighted by Gasteiger charge is -2.22. The van der Waals surface area contributed by atoms with Gasteiger partial charge in [-0.15, -0.1) is 0 Å². The monoisotopic (exact) mass is 296 g/mol. The number of carboxylic acids is 1. The van der Waals surface area contributed by atoms with Crippen molar-refractivity contribution < 1.29 is 14.7 Å². The van der Waals surface area contributed by atoms with E-state index in [0.717, 1.165) is 12.8 Å². The first-order valence-corrected chi connectivity index (χ1v) is 6.85. The molecule has 1 saturated carbocycles. The second-order valence-electron chi connectivity index (χ2n) is 5.07. The van der Waals surface area contributed by atoms with E-state index in [4.69, 9.17) is 11.6 Å². The Labute approximate surface area is 122 Å². The molecule has 1 atom stereocenters. The first-order valence-electron chi connectivity index (χ1n) is 6.48. The lowest BCUT2D eigenvalue weighted by molar-refractivity contribution is -0.139. The number of nitrogens with zero attached hydrogens (tertiary/aromatic N) is 1. The Bertz CT molecular complexity index is 517. The molecule has 1 aliphatic carbocycles. The summed E-state index contributed by atoms with van der Waals surface area (Å²) in [7, 11) is 1.67. The minimum absolute atomic E-state index is 0.324. The molecule has 20 heavy (non-hydrogen) atoms. The minimum Gasteiger partial charge on any atom is -0.479 e. The number of hydrogen-bond acceptors (Lipinski definition) is 2. The summed E-state index contributed by atoms with van der Waals surface area (Å²) >= 11 is 5.99. The summed E-state index contributed by atoms with van der Waals surface area (Å²) < 4.78 is 0. The zero-order valence-electron chi connectivity index (χ0n) is 11.2. The van der Waals surface area contributed by atoms with E-state index in [1.807, 2.05) is 0 Å². The Morgan fingerprint density at radius 3 is 2.65 bits per heavy atom. The summed E-state index contributed by atoms with van der Waals surface area (Å²) in [6.07, 6.45) is 2.26. The van der Waals surface area contributed by atoms with Crippen molar-refractivity contribution in [3.63, 3.8) is 0 Å². The molecule has 5 nitrogen and oxygen atoms in total. The molecule has 0 radical (unpaired) electrons. The maximum atomic E-state index is 12.0. The Morgan fingerprint density at radius 1 is 1.45 bits per heavy atom. The number of rotatable bonds is 5. The second-order valence-corrected chi connectivity index (χ2v) is 5.47. The molecule has 2 amide bonds. The molecule has 0 spiro atoms. The van der Waals surface area contributed by atoms with E-state index in [0.29, 0.717) is 23.0 Å². The number of hydrogen-bond donors (Lipinski definition) is 2. The molecule has 108 valence electrons. The van der Waals surface area contributed by atoms with Crippen molar-refractivity contribution in [2.45, 2.75) is 18.9 Å². The van der Waals surface area contributed by atoms with Gasteiger partial charge in [-0.25, -0.2) is 9.59 Å². The number of carbonyl (C=O) groups is 2. The topological polar surface area (TPSA) is 69.6 Å². The SMILES string of the molecule is CN(CC1CC1)C(=O)N[C@@H](C(=O)O)c1ccccc1Cl. The number of carbonyl (C=O) groups excluding carboxylic acids is 1. The molecule has 1 aromatic rings. The molecule has 2 rings (SSSR count). The number of halogens is 1. The van der Waals surface area contributed by atoms with Crippen LogP contribution in [0.1, 0.15) is 24.4 Å². The molecule has 0 saturated heterocycles. The van der Waals surface area contributed by atoms with Gasteiger partial charge in [0, 0.05) is 24.2 Å². The van der Waals surface area contributed by atoms with Crippen LogP contribution in [0.4, 0.5) is 4.79 Å². The number of aliphatic carboxylic acids is 1. The van der Waals surface area contributed by atoms with Crippen molar-refractivity contribution in [2.75, 3.05) is 13.6 Å². The van der Waals surface area contributed by atoms with Gasteiger partial charge in [0.1, 0.15) is 0 Å². The van der Waals surface area contributed by atoms with Gasteiger partial charge in [0.25, 0.3) is 0 Å². The lowest BCUT2D eigenvalue weighted by Crippen LogP contribution is -2.42. The van der Waals surface area contributed by atoms with Crippen LogP contribution in [0.25, 0.3) is 0 Å².